The van der Waals surface area contributed by atoms with Crippen LogP contribution in [-0.2, 0) is 11.2 Å². The molecular formula is C11H9BrN2O2S2. The molecule has 0 saturated carbocycles. The number of pyridine rings is 1. The van der Waals surface area contributed by atoms with E-state index in [4.69, 9.17) is 5.11 Å². The smallest absolute Gasteiger partial charge is 0.309 e. The number of nitrogens with zero attached hydrogens (tertiary/aromatic N) is 2. The number of aryl methyl sites for hydroxylation is 1. The van der Waals surface area contributed by atoms with Crippen molar-refractivity contribution in [1.82, 2.24) is 9.97 Å². The summed E-state index contributed by atoms with van der Waals surface area (Å²) in [5, 5.41) is 11.3. The van der Waals surface area contributed by atoms with Crippen molar-refractivity contribution < 1.29 is 9.90 Å². The first-order valence-corrected chi connectivity index (χ1v) is 7.50. The Labute approximate surface area is 121 Å². The van der Waals surface area contributed by atoms with Crippen LogP contribution in [-0.4, -0.2) is 21.0 Å². The molecule has 2 aromatic rings. The number of hydrogen-bond donors (Lipinski definition) is 1. The molecule has 0 aromatic carbocycles. The maximum absolute atomic E-state index is 10.6. The van der Waals surface area contributed by atoms with Crippen LogP contribution in [0.2, 0.25) is 0 Å². The Morgan fingerprint density at radius 3 is 3.11 bits per heavy atom. The van der Waals surface area contributed by atoms with Crippen LogP contribution < -0.4 is 0 Å². The number of thiazole rings is 1. The minimum absolute atomic E-state index is 0.0422. The maximum atomic E-state index is 10.6. The van der Waals surface area contributed by atoms with Gasteiger partial charge in [-0.1, -0.05) is 0 Å². The molecule has 94 valence electrons. The molecule has 0 aliphatic carbocycles. The van der Waals surface area contributed by atoms with Crippen LogP contribution in [0.4, 0.5) is 0 Å². The van der Waals surface area contributed by atoms with E-state index in [0.29, 0.717) is 5.69 Å². The third kappa shape index (κ3) is 3.30. The monoisotopic (exact) mass is 344 g/mol. The molecule has 2 aromatic heterocycles. The van der Waals surface area contributed by atoms with Crippen molar-refractivity contribution in [3.8, 4) is 0 Å². The minimum Gasteiger partial charge on any atom is -0.481 e. The highest BCUT2D eigenvalue weighted by Crippen LogP contribution is 2.34. The van der Waals surface area contributed by atoms with Crippen molar-refractivity contribution in [1.29, 1.82) is 0 Å². The summed E-state index contributed by atoms with van der Waals surface area (Å²) < 4.78 is 1.75. The standard InChI is InChI=1S/C11H9BrN2O2S2/c1-6-2-3-13-10(9(6)12)18-11-14-7(5-17-11)4-8(15)16/h2-3,5H,4H2,1H3,(H,15,16). The normalized spacial score (nSPS) is 10.6. The Bertz CT molecular complexity index is 586. The van der Waals surface area contributed by atoms with Gasteiger partial charge >= 0.3 is 5.97 Å². The molecule has 18 heavy (non-hydrogen) atoms. The molecule has 7 heteroatoms. The largest absolute Gasteiger partial charge is 0.481 e. The second-order valence-corrected chi connectivity index (χ2v) is 6.41. The number of hydrogen-bond acceptors (Lipinski definition) is 5. The van der Waals surface area contributed by atoms with Gasteiger partial charge in [0, 0.05) is 11.6 Å². The number of aliphatic carboxylic acids is 1. The third-order valence-corrected chi connectivity index (χ3v) is 5.35. The summed E-state index contributed by atoms with van der Waals surface area (Å²) in [5.74, 6) is -0.869. The average molecular weight is 345 g/mol. The highest BCUT2D eigenvalue weighted by Gasteiger charge is 2.11. The van der Waals surface area contributed by atoms with E-state index in [9.17, 15) is 4.79 Å². The summed E-state index contributed by atoms with van der Waals surface area (Å²) in [4.78, 5) is 19.1. The average Bonchev–Trinajstić information content (AvgIpc) is 2.71. The van der Waals surface area contributed by atoms with E-state index in [1.165, 1.54) is 23.1 Å². The van der Waals surface area contributed by atoms with Crippen molar-refractivity contribution in [2.45, 2.75) is 22.7 Å². The summed E-state index contributed by atoms with van der Waals surface area (Å²) in [6.45, 7) is 1.99. The second kappa shape index (κ2) is 5.81. The van der Waals surface area contributed by atoms with Crippen molar-refractivity contribution in [3.05, 3.63) is 33.4 Å². The van der Waals surface area contributed by atoms with Gasteiger partial charge in [-0.15, -0.1) is 11.3 Å². The lowest BCUT2D eigenvalue weighted by Gasteiger charge is -2.02. The fourth-order valence-corrected chi connectivity index (χ4v) is 3.53. The van der Waals surface area contributed by atoms with Gasteiger partial charge < -0.3 is 5.11 Å². The fourth-order valence-electron chi connectivity index (χ4n) is 1.24. The van der Waals surface area contributed by atoms with Crippen molar-refractivity contribution in [2.24, 2.45) is 0 Å². The molecule has 2 heterocycles. The van der Waals surface area contributed by atoms with Crippen molar-refractivity contribution in [2.75, 3.05) is 0 Å². The molecule has 0 fully saturated rings. The first-order valence-electron chi connectivity index (χ1n) is 5.01. The minimum atomic E-state index is -0.869. The van der Waals surface area contributed by atoms with Crippen LogP contribution in [0.1, 0.15) is 11.3 Å². The number of halogens is 1. The van der Waals surface area contributed by atoms with Crippen LogP contribution in [0.25, 0.3) is 0 Å². The lowest BCUT2D eigenvalue weighted by molar-refractivity contribution is -0.136. The summed E-state index contributed by atoms with van der Waals surface area (Å²) >= 11 is 6.35. The van der Waals surface area contributed by atoms with Crippen molar-refractivity contribution >= 4 is 45.0 Å². The molecule has 0 amide bonds. The van der Waals surface area contributed by atoms with Crippen LogP contribution >= 0.6 is 39.0 Å². The van der Waals surface area contributed by atoms with Gasteiger partial charge in [0.15, 0.2) is 4.34 Å². The van der Waals surface area contributed by atoms with Gasteiger partial charge in [-0.3, -0.25) is 4.79 Å². The summed E-state index contributed by atoms with van der Waals surface area (Å²) in [7, 11) is 0. The number of carbonyl (C=O) groups is 1. The van der Waals surface area contributed by atoms with E-state index in [2.05, 4.69) is 25.9 Å². The fraction of sp³-hybridized carbons (Fsp3) is 0.182. The summed E-state index contributed by atoms with van der Waals surface area (Å²) in [6, 6.07) is 1.92. The van der Waals surface area contributed by atoms with Crippen LogP contribution in [0.15, 0.2) is 31.5 Å². The topological polar surface area (TPSA) is 63.1 Å². The Kier molecular flexibility index (Phi) is 4.36. The first kappa shape index (κ1) is 13.5. The molecule has 2 rings (SSSR count). The first-order chi connectivity index (χ1) is 8.56. The van der Waals surface area contributed by atoms with Gasteiger partial charge in [0.1, 0.15) is 5.03 Å². The molecular weight excluding hydrogens is 336 g/mol. The van der Waals surface area contributed by atoms with E-state index < -0.39 is 5.97 Å². The van der Waals surface area contributed by atoms with Gasteiger partial charge in [0.25, 0.3) is 0 Å². The Morgan fingerprint density at radius 1 is 1.61 bits per heavy atom. The van der Waals surface area contributed by atoms with Gasteiger partial charge in [-0.2, -0.15) is 0 Å². The zero-order chi connectivity index (χ0) is 13.1. The molecule has 4 nitrogen and oxygen atoms in total. The maximum Gasteiger partial charge on any atom is 0.309 e. The number of carboxylic acids is 1. The number of aromatic nitrogens is 2. The number of rotatable bonds is 4. The zero-order valence-electron chi connectivity index (χ0n) is 9.38. The summed E-state index contributed by atoms with van der Waals surface area (Å²) in [5.41, 5.74) is 1.69. The second-order valence-electron chi connectivity index (χ2n) is 3.52. The molecule has 0 unspecified atom stereocenters. The van der Waals surface area contributed by atoms with Gasteiger partial charge in [0.2, 0.25) is 0 Å². The molecule has 0 atom stereocenters. The van der Waals surface area contributed by atoms with Crippen LogP contribution in [0, 0.1) is 6.92 Å². The van der Waals surface area contributed by atoms with Crippen LogP contribution in [0.5, 0.6) is 0 Å². The molecule has 0 saturated heterocycles. The van der Waals surface area contributed by atoms with E-state index >= 15 is 0 Å². The molecule has 0 aliphatic rings. The Balaban J connectivity index is 2.16. The molecule has 0 bridgehead atoms. The van der Waals surface area contributed by atoms with E-state index in [1.54, 1.807) is 11.6 Å². The molecule has 0 radical (unpaired) electrons. The van der Waals surface area contributed by atoms with Gasteiger partial charge in [-0.25, -0.2) is 9.97 Å². The predicted octanol–water partition coefficient (Wildman–Crippen LogP) is 3.39. The van der Waals surface area contributed by atoms with E-state index in [-0.39, 0.29) is 6.42 Å². The third-order valence-electron chi connectivity index (χ3n) is 2.10. The van der Waals surface area contributed by atoms with E-state index in [0.717, 1.165) is 19.4 Å². The zero-order valence-corrected chi connectivity index (χ0v) is 12.6. The number of carboxylic acid groups (broad SMARTS) is 1. The van der Waals surface area contributed by atoms with Gasteiger partial charge in [0.05, 0.1) is 16.6 Å². The SMILES string of the molecule is Cc1ccnc(Sc2nc(CC(=O)O)cs2)c1Br. The van der Waals surface area contributed by atoms with Crippen molar-refractivity contribution in [3.63, 3.8) is 0 Å². The molecule has 1 N–H and O–H groups in total. The van der Waals surface area contributed by atoms with E-state index in [1.807, 2.05) is 13.0 Å². The quantitative estimate of drug-likeness (QED) is 0.920. The predicted molar refractivity (Wildman–Crippen MR) is 74.3 cm³/mol. The lowest BCUT2D eigenvalue weighted by Crippen LogP contribution is -1.99. The lowest BCUT2D eigenvalue weighted by atomic mass is 10.3. The molecule has 0 spiro atoms. The highest BCUT2D eigenvalue weighted by atomic mass is 79.9. The Morgan fingerprint density at radius 2 is 2.39 bits per heavy atom. The Hall–Kier alpha value is -0.920. The van der Waals surface area contributed by atoms with Crippen LogP contribution in [0.3, 0.4) is 0 Å². The van der Waals surface area contributed by atoms with Gasteiger partial charge in [-0.05, 0) is 46.2 Å². The summed E-state index contributed by atoms with van der Waals surface area (Å²) in [6.07, 6.45) is 1.70. The molecule has 0 aliphatic heterocycles. The highest BCUT2D eigenvalue weighted by molar-refractivity contribution is 9.10.